The van der Waals surface area contributed by atoms with E-state index in [9.17, 15) is 19.3 Å². The molecule has 98 valence electrons. The molecule has 1 N–H and O–H groups in total. The molecule has 0 saturated heterocycles. The lowest BCUT2D eigenvalue weighted by molar-refractivity contribution is -0.384. The van der Waals surface area contributed by atoms with Gasteiger partial charge in [0.15, 0.2) is 5.69 Å². The number of aromatic nitrogens is 2. The fourth-order valence-electron chi connectivity index (χ4n) is 1.59. The first-order chi connectivity index (χ1) is 8.90. The fraction of sp³-hybridized carbons (Fsp3) is 0.0909. The first-order valence-corrected chi connectivity index (χ1v) is 5.14. The largest absolute Gasteiger partial charge is 0.476 e. The SMILES string of the molecule is Cc1cn(-c2cc([N+](=O)[O-])ccc2F)nc1C(=O)O. The number of hydrogen-bond acceptors (Lipinski definition) is 4. The number of hydrogen-bond donors (Lipinski definition) is 1. The summed E-state index contributed by atoms with van der Waals surface area (Å²) in [5, 5.41) is 23.2. The molecule has 0 saturated carbocycles. The molecular weight excluding hydrogens is 257 g/mol. The minimum atomic E-state index is -1.25. The molecule has 0 radical (unpaired) electrons. The zero-order chi connectivity index (χ0) is 14.2. The standard InChI is InChI=1S/C11H8FN3O4/c1-6-5-14(13-10(6)11(16)17)9-4-7(15(18)19)2-3-8(9)12/h2-5H,1H3,(H,16,17). The Kier molecular flexibility index (Phi) is 2.99. The number of aryl methyl sites for hydroxylation is 1. The van der Waals surface area contributed by atoms with Gasteiger partial charge < -0.3 is 5.11 Å². The molecule has 0 unspecified atom stereocenters. The lowest BCUT2D eigenvalue weighted by atomic mass is 10.2. The quantitative estimate of drug-likeness (QED) is 0.675. The number of carbonyl (C=O) groups is 1. The van der Waals surface area contributed by atoms with Crippen LogP contribution in [0.3, 0.4) is 0 Å². The van der Waals surface area contributed by atoms with E-state index in [1.54, 1.807) is 0 Å². The van der Waals surface area contributed by atoms with Gasteiger partial charge in [-0.15, -0.1) is 0 Å². The normalized spacial score (nSPS) is 10.4. The number of carboxylic acid groups (broad SMARTS) is 1. The van der Waals surface area contributed by atoms with Crippen LogP contribution in [0.2, 0.25) is 0 Å². The van der Waals surface area contributed by atoms with E-state index in [2.05, 4.69) is 5.10 Å². The molecule has 2 rings (SSSR count). The maximum absolute atomic E-state index is 13.6. The van der Waals surface area contributed by atoms with E-state index in [4.69, 9.17) is 5.11 Å². The topological polar surface area (TPSA) is 98.3 Å². The minimum absolute atomic E-state index is 0.176. The molecule has 0 aliphatic heterocycles. The van der Waals surface area contributed by atoms with Crippen LogP contribution in [0.15, 0.2) is 24.4 Å². The third-order valence-electron chi connectivity index (χ3n) is 2.49. The third-order valence-corrected chi connectivity index (χ3v) is 2.49. The van der Waals surface area contributed by atoms with Gasteiger partial charge in [-0.1, -0.05) is 0 Å². The predicted molar refractivity (Wildman–Crippen MR) is 61.9 cm³/mol. The summed E-state index contributed by atoms with van der Waals surface area (Å²) >= 11 is 0. The summed E-state index contributed by atoms with van der Waals surface area (Å²) in [5.74, 6) is -1.98. The second-order valence-corrected chi connectivity index (χ2v) is 3.80. The van der Waals surface area contributed by atoms with Crippen LogP contribution in [0.5, 0.6) is 0 Å². The van der Waals surface area contributed by atoms with Crippen molar-refractivity contribution in [2.24, 2.45) is 0 Å². The van der Waals surface area contributed by atoms with Gasteiger partial charge in [0.25, 0.3) is 5.69 Å². The smallest absolute Gasteiger partial charge is 0.356 e. The summed E-state index contributed by atoms with van der Waals surface area (Å²) in [6, 6.07) is 2.95. The number of benzene rings is 1. The zero-order valence-electron chi connectivity index (χ0n) is 9.70. The Bertz CT molecular complexity index is 681. The van der Waals surface area contributed by atoms with E-state index in [-0.39, 0.29) is 17.1 Å². The van der Waals surface area contributed by atoms with Crippen molar-refractivity contribution in [2.45, 2.75) is 6.92 Å². The molecule has 1 aromatic carbocycles. The number of nitrogens with zero attached hydrogens (tertiary/aromatic N) is 3. The number of nitro benzene ring substituents is 1. The molecule has 0 fully saturated rings. The molecule has 7 nitrogen and oxygen atoms in total. The van der Waals surface area contributed by atoms with E-state index in [1.165, 1.54) is 13.1 Å². The van der Waals surface area contributed by atoms with Gasteiger partial charge in [-0.3, -0.25) is 10.1 Å². The summed E-state index contributed by atoms with van der Waals surface area (Å²) < 4.78 is 14.6. The molecule has 0 atom stereocenters. The van der Waals surface area contributed by atoms with Crippen molar-refractivity contribution in [1.29, 1.82) is 0 Å². The van der Waals surface area contributed by atoms with E-state index in [0.29, 0.717) is 5.56 Å². The Balaban J connectivity index is 2.58. The average molecular weight is 265 g/mol. The van der Waals surface area contributed by atoms with Crippen LogP contribution in [-0.2, 0) is 0 Å². The lowest BCUT2D eigenvalue weighted by Gasteiger charge is -2.02. The molecule has 1 heterocycles. The van der Waals surface area contributed by atoms with E-state index in [0.717, 1.165) is 22.9 Å². The van der Waals surface area contributed by atoms with Gasteiger partial charge in [0.2, 0.25) is 0 Å². The van der Waals surface area contributed by atoms with Crippen molar-refractivity contribution >= 4 is 11.7 Å². The second kappa shape index (κ2) is 4.48. The number of non-ortho nitro benzene ring substituents is 1. The van der Waals surface area contributed by atoms with Crippen LogP contribution < -0.4 is 0 Å². The first-order valence-electron chi connectivity index (χ1n) is 5.14. The molecule has 0 aliphatic rings. The van der Waals surface area contributed by atoms with Crippen LogP contribution in [0, 0.1) is 22.9 Å². The Morgan fingerprint density at radius 2 is 2.21 bits per heavy atom. The number of rotatable bonds is 3. The zero-order valence-corrected chi connectivity index (χ0v) is 9.70. The van der Waals surface area contributed by atoms with Crippen molar-refractivity contribution in [3.63, 3.8) is 0 Å². The highest BCUT2D eigenvalue weighted by Gasteiger charge is 2.17. The summed E-state index contributed by atoms with van der Waals surface area (Å²) in [4.78, 5) is 20.8. The van der Waals surface area contributed by atoms with Crippen molar-refractivity contribution in [1.82, 2.24) is 9.78 Å². The van der Waals surface area contributed by atoms with Gasteiger partial charge >= 0.3 is 5.97 Å². The van der Waals surface area contributed by atoms with E-state index >= 15 is 0 Å². The van der Waals surface area contributed by atoms with Gasteiger partial charge in [0, 0.05) is 23.9 Å². The molecule has 1 aromatic heterocycles. The highest BCUT2D eigenvalue weighted by atomic mass is 19.1. The van der Waals surface area contributed by atoms with Crippen LogP contribution in [0.25, 0.3) is 5.69 Å². The number of aromatic carboxylic acids is 1. The van der Waals surface area contributed by atoms with E-state index in [1.807, 2.05) is 0 Å². The van der Waals surface area contributed by atoms with Gasteiger partial charge in [-0.25, -0.2) is 13.9 Å². The van der Waals surface area contributed by atoms with Crippen LogP contribution >= 0.6 is 0 Å². The molecular formula is C11H8FN3O4. The Hall–Kier alpha value is -2.77. The lowest BCUT2D eigenvalue weighted by Crippen LogP contribution is -2.03. The summed E-state index contributed by atoms with van der Waals surface area (Å²) in [5.41, 5.74) is -0.379. The van der Waals surface area contributed by atoms with Crippen LogP contribution in [0.4, 0.5) is 10.1 Å². The maximum Gasteiger partial charge on any atom is 0.356 e. The van der Waals surface area contributed by atoms with Gasteiger partial charge in [0.05, 0.1) is 4.92 Å². The molecule has 8 heteroatoms. The third kappa shape index (κ3) is 2.28. The number of halogens is 1. The maximum atomic E-state index is 13.6. The van der Waals surface area contributed by atoms with Crippen molar-refractivity contribution < 1.29 is 19.2 Å². The summed E-state index contributed by atoms with van der Waals surface area (Å²) in [7, 11) is 0. The minimum Gasteiger partial charge on any atom is -0.476 e. The van der Waals surface area contributed by atoms with E-state index < -0.39 is 16.7 Å². The number of carboxylic acids is 1. The first kappa shape index (κ1) is 12.7. The molecule has 0 aliphatic carbocycles. The van der Waals surface area contributed by atoms with Gasteiger partial charge in [0.1, 0.15) is 11.5 Å². The highest BCUT2D eigenvalue weighted by Crippen LogP contribution is 2.21. The molecule has 0 spiro atoms. The van der Waals surface area contributed by atoms with Gasteiger partial charge in [-0.2, -0.15) is 5.10 Å². The average Bonchev–Trinajstić information content (AvgIpc) is 2.71. The van der Waals surface area contributed by atoms with Gasteiger partial charge in [-0.05, 0) is 13.0 Å². The fourth-order valence-corrected chi connectivity index (χ4v) is 1.59. The number of nitro groups is 1. The van der Waals surface area contributed by atoms with Crippen LogP contribution in [-0.4, -0.2) is 25.8 Å². The molecule has 0 bridgehead atoms. The summed E-state index contributed by atoms with van der Waals surface area (Å²) in [6.07, 6.45) is 1.30. The Labute approximate surface area is 106 Å². The molecule has 2 aromatic rings. The Morgan fingerprint density at radius 3 is 2.74 bits per heavy atom. The monoisotopic (exact) mass is 265 g/mol. The Morgan fingerprint density at radius 1 is 1.53 bits per heavy atom. The van der Waals surface area contributed by atoms with Crippen molar-refractivity contribution in [2.75, 3.05) is 0 Å². The predicted octanol–water partition coefficient (Wildman–Crippen LogP) is 1.93. The summed E-state index contributed by atoms with van der Waals surface area (Å²) in [6.45, 7) is 1.50. The van der Waals surface area contributed by atoms with Crippen molar-refractivity contribution in [3.8, 4) is 5.69 Å². The molecule has 0 amide bonds. The van der Waals surface area contributed by atoms with Crippen LogP contribution in [0.1, 0.15) is 16.1 Å². The molecule has 19 heavy (non-hydrogen) atoms. The van der Waals surface area contributed by atoms with Crippen molar-refractivity contribution in [3.05, 3.63) is 51.6 Å². The highest BCUT2D eigenvalue weighted by molar-refractivity contribution is 5.86. The second-order valence-electron chi connectivity index (χ2n) is 3.80.